The van der Waals surface area contributed by atoms with Gasteiger partial charge in [0, 0.05) is 0 Å². The molecule has 1 amide bonds. The highest BCUT2D eigenvalue weighted by Gasteiger charge is 2.54. The number of nitrogens with one attached hydrogen (secondary N) is 1. The second-order valence-electron chi connectivity index (χ2n) is 7.62. The van der Waals surface area contributed by atoms with Crippen LogP contribution in [0.4, 0.5) is 0 Å². The second kappa shape index (κ2) is 6.54. The lowest BCUT2D eigenvalue weighted by atomic mass is 10.0. The maximum atomic E-state index is 12.3. The Balaban J connectivity index is 2.03. The van der Waals surface area contributed by atoms with Gasteiger partial charge in [-0.1, -0.05) is 0 Å². The van der Waals surface area contributed by atoms with Crippen molar-refractivity contribution in [3.8, 4) is 0 Å². The fourth-order valence-corrected chi connectivity index (χ4v) is 8.16. The van der Waals surface area contributed by atoms with Crippen molar-refractivity contribution in [3.63, 3.8) is 0 Å². The number of hydrogen-bond acceptors (Lipinski definition) is 5. The van der Waals surface area contributed by atoms with Crippen LogP contribution in [0.2, 0.25) is 0 Å². The van der Waals surface area contributed by atoms with E-state index in [1.165, 1.54) is 13.3 Å². The summed E-state index contributed by atoms with van der Waals surface area (Å²) in [5.41, 5.74) is -1.50. The summed E-state index contributed by atoms with van der Waals surface area (Å²) in [5, 5.41) is 1.03. The predicted octanol–water partition coefficient (Wildman–Crippen LogP) is -0.433. The number of quaternary nitrogens is 1. The summed E-state index contributed by atoms with van der Waals surface area (Å²) in [5.74, 6) is -1.54. The molecule has 24 heavy (non-hydrogen) atoms. The Kier molecular flexibility index (Phi) is 5.35. The molecule has 0 aromatic carbocycles. The minimum absolute atomic E-state index is 0.199. The van der Waals surface area contributed by atoms with Crippen molar-refractivity contribution in [1.29, 1.82) is 0 Å². The summed E-state index contributed by atoms with van der Waals surface area (Å²) in [6.45, 7) is 4.01. The lowest BCUT2D eigenvalue weighted by molar-refractivity contribution is -0.913. The topological polar surface area (TPSA) is 118 Å². The smallest absolute Gasteiger partial charge is 0.271 e. The van der Waals surface area contributed by atoms with Crippen LogP contribution in [0.5, 0.6) is 0 Å². The number of rotatable bonds is 5. The summed E-state index contributed by atoms with van der Waals surface area (Å²) >= 11 is 0. The molecule has 2 heterocycles. The molecule has 2 fully saturated rings. The molecule has 140 valence electrons. The van der Waals surface area contributed by atoms with E-state index in [0.29, 0.717) is 6.54 Å². The van der Waals surface area contributed by atoms with Crippen molar-refractivity contribution in [2.45, 2.75) is 43.4 Å². The van der Waals surface area contributed by atoms with Crippen LogP contribution in [0, 0.1) is 0 Å². The molecule has 8 nitrogen and oxygen atoms in total. The van der Waals surface area contributed by atoms with Crippen molar-refractivity contribution < 1.29 is 30.7 Å². The van der Waals surface area contributed by atoms with Crippen molar-refractivity contribution in [2.75, 3.05) is 38.2 Å². The number of amides is 1. The van der Waals surface area contributed by atoms with Gasteiger partial charge in [0.25, 0.3) is 10.1 Å². The largest absolute Gasteiger partial charge is 0.348 e. The molecule has 0 spiro atoms. The van der Waals surface area contributed by atoms with Gasteiger partial charge in [0.05, 0.1) is 50.1 Å². The van der Waals surface area contributed by atoms with Gasteiger partial charge in [-0.3, -0.25) is 9.35 Å². The van der Waals surface area contributed by atoms with Crippen LogP contribution in [-0.2, 0) is 24.7 Å². The third-order valence-electron chi connectivity index (χ3n) is 5.19. The number of sulfone groups is 1. The normalized spacial score (nSPS) is 32.4. The van der Waals surface area contributed by atoms with Crippen molar-refractivity contribution in [1.82, 2.24) is 5.32 Å². The molecule has 0 aromatic rings. The van der Waals surface area contributed by atoms with Gasteiger partial charge in [-0.2, -0.15) is 8.42 Å². The molecule has 0 aliphatic carbocycles. The second-order valence-corrected chi connectivity index (χ2v) is 11.3. The van der Waals surface area contributed by atoms with Crippen LogP contribution in [0.25, 0.3) is 0 Å². The third kappa shape index (κ3) is 4.68. The summed E-state index contributed by atoms with van der Waals surface area (Å²) < 4.78 is 56.8. The standard InChI is InChI=1S/C14H26N2O6S2/c1-14(11-23(18,19)10-12(14)24(20,21)22)15-13(17)6-9-16(2)7-4-3-5-8-16/h12H,3-11H2,1-2H3,(H-,15,17,20,21,22)/p+1. The monoisotopic (exact) mass is 383 g/mol. The molecule has 2 aliphatic rings. The van der Waals surface area contributed by atoms with E-state index < -0.39 is 42.2 Å². The summed E-state index contributed by atoms with van der Waals surface area (Å²) in [4.78, 5) is 12.3. The van der Waals surface area contributed by atoms with Crippen LogP contribution in [-0.4, -0.2) is 80.8 Å². The van der Waals surface area contributed by atoms with Crippen LogP contribution >= 0.6 is 0 Å². The minimum atomic E-state index is -4.57. The molecule has 2 rings (SSSR count). The Labute approximate surface area is 143 Å². The lowest BCUT2D eigenvalue weighted by Crippen LogP contribution is -2.57. The van der Waals surface area contributed by atoms with Crippen LogP contribution in [0.15, 0.2) is 0 Å². The van der Waals surface area contributed by atoms with Gasteiger partial charge >= 0.3 is 0 Å². The van der Waals surface area contributed by atoms with Gasteiger partial charge in [-0.25, -0.2) is 8.42 Å². The fourth-order valence-electron chi connectivity index (χ4n) is 3.81. The van der Waals surface area contributed by atoms with Gasteiger partial charge in [-0.05, 0) is 26.2 Å². The van der Waals surface area contributed by atoms with Crippen LogP contribution < -0.4 is 5.32 Å². The van der Waals surface area contributed by atoms with E-state index in [-0.39, 0.29) is 12.3 Å². The zero-order valence-electron chi connectivity index (χ0n) is 14.2. The van der Waals surface area contributed by atoms with E-state index in [9.17, 15) is 26.2 Å². The molecular weight excluding hydrogens is 356 g/mol. The van der Waals surface area contributed by atoms with E-state index in [2.05, 4.69) is 12.4 Å². The van der Waals surface area contributed by atoms with Crippen molar-refractivity contribution in [2.24, 2.45) is 0 Å². The van der Waals surface area contributed by atoms with E-state index in [1.54, 1.807) is 0 Å². The van der Waals surface area contributed by atoms with E-state index in [0.717, 1.165) is 30.4 Å². The SMILES string of the molecule is CC1(NC(=O)CC[N+]2(C)CCCCC2)CS(=O)(=O)CC1S(=O)(=O)O. The maximum Gasteiger partial charge on any atom is 0.271 e. The molecule has 0 bridgehead atoms. The van der Waals surface area contributed by atoms with Crippen LogP contribution in [0.1, 0.15) is 32.6 Å². The van der Waals surface area contributed by atoms with Crippen molar-refractivity contribution in [3.05, 3.63) is 0 Å². The molecule has 0 radical (unpaired) electrons. The number of carbonyl (C=O) groups excluding carboxylic acids is 1. The Morgan fingerprint density at radius 3 is 2.42 bits per heavy atom. The maximum absolute atomic E-state index is 12.3. The summed E-state index contributed by atoms with van der Waals surface area (Å²) in [6.07, 6.45) is 3.65. The Hall–Kier alpha value is -0.710. The first-order valence-corrected chi connectivity index (χ1v) is 11.5. The predicted molar refractivity (Wildman–Crippen MR) is 89.8 cm³/mol. The summed E-state index contributed by atoms with van der Waals surface area (Å²) in [6, 6.07) is 0. The van der Waals surface area contributed by atoms with Crippen LogP contribution in [0.3, 0.4) is 0 Å². The molecule has 2 saturated heterocycles. The molecule has 2 atom stereocenters. The van der Waals surface area contributed by atoms with E-state index >= 15 is 0 Å². The Bertz CT molecular complexity index is 697. The fraction of sp³-hybridized carbons (Fsp3) is 0.929. The van der Waals surface area contributed by atoms with Gasteiger partial charge in [0.2, 0.25) is 5.91 Å². The average molecular weight is 384 g/mol. The Morgan fingerprint density at radius 2 is 1.88 bits per heavy atom. The quantitative estimate of drug-likeness (QED) is 0.491. The number of piperidine rings is 1. The first-order chi connectivity index (χ1) is 10.9. The molecule has 0 aromatic heterocycles. The number of nitrogens with zero attached hydrogens (tertiary/aromatic N) is 1. The zero-order chi connectivity index (χ0) is 18.2. The summed E-state index contributed by atoms with van der Waals surface area (Å²) in [7, 11) is -6.12. The van der Waals surface area contributed by atoms with Gasteiger partial charge < -0.3 is 9.80 Å². The molecule has 2 aliphatic heterocycles. The highest BCUT2D eigenvalue weighted by atomic mass is 32.2. The molecule has 10 heteroatoms. The Morgan fingerprint density at radius 1 is 1.29 bits per heavy atom. The van der Waals surface area contributed by atoms with E-state index in [1.807, 2.05) is 0 Å². The first-order valence-electron chi connectivity index (χ1n) is 8.17. The highest BCUT2D eigenvalue weighted by Crippen LogP contribution is 2.29. The minimum Gasteiger partial charge on any atom is -0.348 e. The highest BCUT2D eigenvalue weighted by molar-refractivity contribution is 7.94. The number of hydrogen-bond donors (Lipinski definition) is 2. The molecule has 2 N–H and O–H groups in total. The zero-order valence-corrected chi connectivity index (χ0v) is 15.8. The molecule has 2 unspecified atom stereocenters. The van der Waals surface area contributed by atoms with Gasteiger partial charge in [-0.15, -0.1) is 0 Å². The molecular formula is C14H27N2O6S2+. The van der Waals surface area contributed by atoms with Crippen molar-refractivity contribution >= 4 is 25.9 Å². The van der Waals surface area contributed by atoms with Gasteiger partial charge in [0.15, 0.2) is 9.84 Å². The lowest BCUT2D eigenvalue weighted by Gasteiger charge is -2.38. The number of likely N-dealkylation sites (tertiary alicyclic amines) is 1. The van der Waals surface area contributed by atoms with Gasteiger partial charge in [0.1, 0.15) is 5.25 Å². The third-order valence-corrected chi connectivity index (χ3v) is 8.69. The average Bonchev–Trinajstić information content (AvgIpc) is 2.67. The first kappa shape index (κ1) is 19.6. The number of carbonyl (C=O) groups is 1. The molecule has 0 saturated carbocycles. The van der Waals surface area contributed by atoms with E-state index in [4.69, 9.17) is 0 Å².